The van der Waals surface area contributed by atoms with Gasteiger partial charge in [-0.3, -0.25) is 14.5 Å². The van der Waals surface area contributed by atoms with Crippen molar-refractivity contribution < 1.29 is 14.3 Å². The highest BCUT2D eigenvalue weighted by Crippen LogP contribution is 2.19. The van der Waals surface area contributed by atoms with Crippen molar-refractivity contribution in [1.29, 1.82) is 0 Å². The minimum Gasteiger partial charge on any atom is -0.483 e. The molecule has 0 atom stereocenters. The van der Waals surface area contributed by atoms with Crippen LogP contribution in [0.1, 0.15) is 24.0 Å². The molecule has 2 amide bonds. The van der Waals surface area contributed by atoms with Crippen molar-refractivity contribution in [2.24, 2.45) is 0 Å². The molecule has 2 N–H and O–H groups in total. The van der Waals surface area contributed by atoms with Gasteiger partial charge in [0.15, 0.2) is 6.61 Å². The number of nitrogens with zero attached hydrogens (tertiary/aromatic N) is 1. The molecular formula is C23H29N3O3. The minimum absolute atomic E-state index is 0.0133. The van der Waals surface area contributed by atoms with E-state index in [1.807, 2.05) is 62.4 Å². The van der Waals surface area contributed by atoms with Crippen LogP contribution < -0.4 is 15.4 Å². The summed E-state index contributed by atoms with van der Waals surface area (Å²) in [6.45, 7) is 5.92. The molecule has 0 spiro atoms. The Hall–Kier alpha value is -2.86. The number of likely N-dealkylation sites (tertiary alicyclic amines) is 1. The first-order valence-electron chi connectivity index (χ1n) is 10.1. The Morgan fingerprint density at radius 1 is 1.03 bits per heavy atom. The summed E-state index contributed by atoms with van der Waals surface area (Å²) in [6, 6.07) is 15.5. The van der Waals surface area contributed by atoms with E-state index in [-0.39, 0.29) is 24.5 Å². The zero-order chi connectivity index (χ0) is 20.6. The number of para-hydroxylation sites is 1. The van der Waals surface area contributed by atoms with Crippen LogP contribution in [0, 0.1) is 13.8 Å². The van der Waals surface area contributed by atoms with E-state index in [0.29, 0.717) is 6.54 Å². The lowest BCUT2D eigenvalue weighted by Crippen LogP contribution is -2.47. The van der Waals surface area contributed by atoms with Crippen molar-refractivity contribution >= 4 is 17.5 Å². The maximum Gasteiger partial charge on any atom is 0.258 e. The lowest BCUT2D eigenvalue weighted by molar-refractivity contribution is -0.124. The summed E-state index contributed by atoms with van der Waals surface area (Å²) in [5.41, 5.74) is 2.93. The van der Waals surface area contributed by atoms with E-state index in [1.54, 1.807) is 0 Å². The van der Waals surface area contributed by atoms with Gasteiger partial charge in [-0.1, -0.05) is 30.3 Å². The van der Waals surface area contributed by atoms with Gasteiger partial charge in [0.2, 0.25) is 5.91 Å². The van der Waals surface area contributed by atoms with Crippen molar-refractivity contribution in [2.75, 3.05) is 31.6 Å². The summed E-state index contributed by atoms with van der Waals surface area (Å²) in [5.74, 6) is 0.631. The zero-order valence-corrected chi connectivity index (χ0v) is 17.1. The molecule has 0 aliphatic carbocycles. The normalized spacial score (nSPS) is 15.0. The Labute approximate surface area is 172 Å². The summed E-state index contributed by atoms with van der Waals surface area (Å²) < 4.78 is 5.68. The van der Waals surface area contributed by atoms with Gasteiger partial charge >= 0.3 is 0 Å². The van der Waals surface area contributed by atoms with Crippen molar-refractivity contribution in [3.8, 4) is 5.75 Å². The lowest BCUT2D eigenvalue weighted by atomic mass is 10.1. The first-order chi connectivity index (χ1) is 14.0. The maximum absolute atomic E-state index is 12.2. The summed E-state index contributed by atoms with van der Waals surface area (Å²) in [5, 5.41) is 5.95. The molecule has 29 heavy (non-hydrogen) atoms. The van der Waals surface area contributed by atoms with Gasteiger partial charge in [0.1, 0.15) is 5.75 Å². The smallest absolute Gasteiger partial charge is 0.258 e. The van der Waals surface area contributed by atoms with Gasteiger partial charge in [0.25, 0.3) is 5.91 Å². The van der Waals surface area contributed by atoms with Gasteiger partial charge < -0.3 is 15.4 Å². The number of amides is 2. The van der Waals surface area contributed by atoms with Crippen LogP contribution in [0.5, 0.6) is 5.75 Å². The number of benzene rings is 2. The number of hydrogen-bond donors (Lipinski definition) is 2. The highest BCUT2D eigenvalue weighted by Gasteiger charge is 2.22. The summed E-state index contributed by atoms with van der Waals surface area (Å²) in [4.78, 5) is 26.5. The lowest BCUT2D eigenvalue weighted by Gasteiger charge is -2.31. The number of hydrogen-bond acceptors (Lipinski definition) is 4. The number of nitrogens with one attached hydrogen (secondary N) is 2. The first-order valence-corrected chi connectivity index (χ1v) is 10.1. The van der Waals surface area contributed by atoms with E-state index >= 15 is 0 Å². The van der Waals surface area contributed by atoms with E-state index < -0.39 is 0 Å². The monoisotopic (exact) mass is 395 g/mol. The van der Waals surface area contributed by atoms with Crippen LogP contribution in [0.15, 0.2) is 48.5 Å². The highest BCUT2D eigenvalue weighted by atomic mass is 16.5. The number of aryl methyl sites for hydroxylation is 2. The molecule has 0 unspecified atom stereocenters. The minimum atomic E-state index is -0.105. The number of piperidine rings is 1. The standard InChI is InChI=1S/C23H29N3O3/c1-17-8-9-18(2)21(14-17)29-16-23(28)25-20-10-12-26(13-11-20)15-22(27)24-19-6-4-3-5-7-19/h3-9,14,20H,10-13,15-16H2,1-2H3,(H,24,27)(H,25,28). The highest BCUT2D eigenvalue weighted by molar-refractivity contribution is 5.92. The summed E-state index contributed by atoms with van der Waals surface area (Å²) in [7, 11) is 0. The van der Waals surface area contributed by atoms with Gasteiger partial charge in [-0.05, 0) is 56.0 Å². The summed E-state index contributed by atoms with van der Waals surface area (Å²) >= 11 is 0. The fraction of sp³-hybridized carbons (Fsp3) is 0.391. The Kier molecular flexibility index (Phi) is 7.25. The molecular weight excluding hydrogens is 366 g/mol. The molecule has 1 fully saturated rings. The summed E-state index contributed by atoms with van der Waals surface area (Å²) in [6.07, 6.45) is 1.65. The third kappa shape index (κ3) is 6.61. The number of ether oxygens (including phenoxy) is 1. The van der Waals surface area contributed by atoms with Crippen LogP contribution in [-0.4, -0.2) is 49.0 Å². The van der Waals surface area contributed by atoms with Crippen LogP contribution in [-0.2, 0) is 9.59 Å². The second-order valence-corrected chi connectivity index (χ2v) is 7.59. The average Bonchev–Trinajstić information content (AvgIpc) is 2.71. The third-order valence-corrected chi connectivity index (χ3v) is 5.08. The largest absolute Gasteiger partial charge is 0.483 e. The molecule has 2 aromatic rings. The van der Waals surface area contributed by atoms with Gasteiger partial charge in [0, 0.05) is 24.8 Å². The Bertz CT molecular complexity index is 831. The van der Waals surface area contributed by atoms with Gasteiger partial charge in [-0.15, -0.1) is 0 Å². The number of rotatable bonds is 7. The molecule has 154 valence electrons. The molecule has 0 aromatic heterocycles. The van der Waals surface area contributed by atoms with E-state index in [2.05, 4.69) is 15.5 Å². The molecule has 3 rings (SSSR count). The molecule has 6 nitrogen and oxygen atoms in total. The Morgan fingerprint density at radius 2 is 1.76 bits per heavy atom. The predicted octanol–water partition coefficient (Wildman–Crippen LogP) is 2.90. The number of carbonyl (C=O) groups is 2. The van der Waals surface area contributed by atoms with E-state index in [1.165, 1.54) is 0 Å². The van der Waals surface area contributed by atoms with Crippen LogP contribution in [0.25, 0.3) is 0 Å². The molecule has 1 aliphatic heterocycles. The van der Waals surface area contributed by atoms with Crippen molar-refractivity contribution in [3.05, 3.63) is 59.7 Å². The SMILES string of the molecule is Cc1ccc(C)c(OCC(=O)NC2CCN(CC(=O)Nc3ccccc3)CC2)c1. The Balaban J connectivity index is 1.36. The molecule has 0 saturated carbocycles. The van der Waals surface area contributed by atoms with Crippen molar-refractivity contribution in [3.63, 3.8) is 0 Å². The Morgan fingerprint density at radius 3 is 2.48 bits per heavy atom. The van der Waals surface area contributed by atoms with Crippen LogP contribution in [0.3, 0.4) is 0 Å². The fourth-order valence-electron chi connectivity index (χ4n) is 3.44. The fourth-order valence-corrected chi connectivity index (χ4v) is 3.44. The maximum atomic E-state index is 12.2. The number of carbonyl (C=O) groups excluding carboxylic acids is 2. The van der Waals surface area contributed by atoms with E-state index in [4.69, 9.17) is 4.74 Å². The van der Waals surface area contributed by atoms with Gasteiger partial charge in [-0.2, -0.15) is 0 Å². The van der Waals surface area contributed by atoms with Crippen LogP contribution in [0.2, 0.25) is 0 Å². The van der Waals surface area contributed by atoms with Crippen molar-refractivity contribution in [2.45, 2.75) is 32.7 Å². The molecule has 6 heteroatoms. The number of anilines is 1. The molecule has 1 heterocycles. The average molecular weight is 396 g/mol. The van der Waals surface area contributed by atoms with E-state index in [0.717, 1.165) is 48.5 Å². The van der Waals surface area contributed by atoms with E-state index in [9.17, 15) is 9.59 Å². The van der Waals surface area contributed by atoms with Gasteiger partial charge in [0.05, 0.1) is 6.54 Å². The molecule has 2 aromatic carbocycles. The van der Waals surface area contributed by atoms with Crippen LogP contribution >= 0.6 is 0 Å². The molecule has 1 aliphatic rings. The van der Waals surface area contributed by atoms with Gasteiger partial charge in [-0.25, -0.2) is 0 Å². The topological polar surface area (TPSA) is 70.7 Å². The van der Waals surface area contributed by atoms with Crippen molar-refractivity contribution in [1.82, 2.24) is 10.2 Å². The first kappa shape index (κ1) is 20.9. The third-order valence-electron chi connectivity index (χ3n) is 5.08. The molecule has 0 bridgehead atoms. The second kappa shape index (κ2) is 10.1. The second-order valence-electron chi connectivity index (χ2n) is 7.59. The predicted molar refractivity (Wildman–Crippen MR) is 114 cm³/mol. The van der Waals surface area contributed by atoms with Crippen LogP contribution in [0.4, 0.5) is 5.69 Å². The zero-order valence-electron chi connectivity index (χ0n) is 17.1. The molecule has 1 saturated heterocycles. The molecule has 0 radical (unpaired) electrons. The quantitative estimate of drug-likeness (QED) is 0.756.